The van der Waals surface area contributed by atoms with Crippen LogP contribution in [-0.4, -0.2) is 22.7 Å². The smallest absolute Gasteiger partial charge is 0.124 e. The molecule has 0 saturated carbocycles. The molecule has 0 saturated heterocycles. The number of imidazole rings is 1. The van der Waals surface area contributed by atoms with Crippen LogP contribution in [-0.2, 0) is 18.0 Å². The molecule has 0 bridgehead atoms. The topological polar surface area (TPSA) is 39.1 Å². The van der Waals surface area contributed by atoms with Gasteiger partial charge in [0.25, 0.3) is 0 Å². The molecule has 0 spiro atoms. The van der Waals surface area contributed by atoms with E-state index in [4.69, 9.17) is 4.74 Å². The second kappa shape index (κ2) is 6.58. The van der Waals surface area contributed by atoms with Crippen molar-refractivity contribution in [1.29, 1.82) is 0 Å². The third-order valence-corrected chi connectivity index (χ3v) is 2.07. The standard InChI is InChI=1S/C11H21N3O/c1-4-15-9-14-6-5-13-11(14)8-12-7-10(2)3/h5-6,10,12H,4,7-9H2,1-3H3. The van der Waals surface area contributed by atoms with Gasteiger partial charge in [-0.3, -0.25) is 0 Å². The largest absolute Gasteiger partial charge is 0.361 e. The molecule has 0 aliphatic carbocycles. The molecular weight excluding hydrogens is 190 g/mol. The lowest BCUT2D eigenvalue weighted by Gasteiger charge is -2.09. The molecule has 1 rings (SSSR count). The number of ether oxygens (including phenoxy) is 1. The molecule has 1 aromatic heterocycles. The summed E-state index contributed by atoms with van der Waals surface area (Å²) in [5.41, 5.74) is 0. The zero-order chi connectivity index (χ0) is 11.1. The van der Waals surface area contributed by atoms with Crippen LogP contribution in [0.5, 0.6) is 0 Å². The Morgan fingerprint density at radius 3 is 3.00 bits per heavy atom. The van der Waals surface area contributed by atoms with E-state index in [-0.39, 0.29) is 0 Å². The molecule has 4 nitrogen and oxygen atoms in total. The Morgan fingerprint density at radius 1 is 1.53 bits per heavy atom. The normalized spacial score (nSPS) is 11.2. The molecule has 0 atom stereocenters. The van der Waals surface area contributed by atoms with Gasteiger partial charge in [0.1, 0.15) is 12.6 Å². The predicted molar refractivity (Wildman–Crippen MR) is 60.4 cm³/mol. The van der Waals surface area contributed by atoms with Gasteiger partial charge in [-0.2, -0.15) is 0 Å². The molecule has 1 aromatic rings. The van der Waals surface area contributed by atoms with Gasteiger partial charge in [-0.05, 0) is 19.4 Å². The molecular formula is C11H21N3O. The first-order valence-corrected chi connectivity index (χ1v) is 5.52. The minimum absolute atomic E-state index is 0.592. The van der Waals surface area contributed by atoms with Gasteiger partial charge in [0.05, 0.1) is 6.54 Å². The van der Waals surface area contributed by atoms with Gasteiger partial charge >= 0.3 is 0 Å². The van der Waals surface area contributed by atoms with E-state index in [1.165, 1.54) is 0 Å². The highest BCUT2D eigenvalue weighted by atomic mass is 16.5. The van der Waals surface area contributed by atoms with Gasteiger partial charge < -0.3 is 14.6 Å². The van der Waals surface area contributed by atoms with E-state index in [1.54, 1.807) is 0 Å². The maximum absolute atomic E-state index is 5.34. The Labute approximate surface area is 91.7 Å². The number of hydrogen-bond donors (Lipinski definition) is 1. The van der Waals surface area contributed by atoms with Crippen LogP contribution in [0.2, 0.25) is 0 Å². The van der Waals surface area contributed by atoms with E-state index in [9.17, 15) is 0 Å². The van der Waals surface area contributed by atoms with E-state index >= 15 is 0 Å². The molecule has 1 heterocycles. The van der Waals surface area contributed by atoms with Crippen molar-refractivity contribution < 1.29 is 4.74 Å². The van der Waals surface area contributed by atoms with E-state index in [0.29, 0.717) is 12.6 Å². The van der Waals surface area contributed by atoms with Crippen molar-refractivity contribution in [2.24, 2.45) is 5.92 Å². The third-order valence-electron chi connectivity index (χ3n) is 2.07. The van der Waals surface area contributed by atoms with Gasteiger partial charge in [-0.15, -0.1) is 0 Å². The predicted octanol–water partition coefficient (Wildman–Crippen LogP) is 1.62. The molecule has 0 aliphatic rings. The monoisotopic (exact) mass is 211 g/mol. The first-order chi connectivity index (χ1) is 7.24. The van der Waals surface area contributed by atoms with Crippen molar-refractivity contribution in [2.45, 2.75) is 34.0 Å². The van der Waals surface area contributed by atoms with Gasteiger partial charge in [0.15, 0.2) is 0 Å². The van der Waals surface area contributed by atoms with Crippen LogP contribution in [0.25, 0.3) is 0 Å². The van der Waals surface area contributed by atoms with E-state index < -0.39 is 0 Å². The van der Waals surface area contributed by atoms with Gasteiger partial charge in [-0.1, -0.05) is 13.8 Å². The first-order valence-electron chi connectivity index (χ1n) is 5.52. The highest BCUT2D eigenvalue weighted by molar-refractivity contribution is 4.91. The zero-order valence-electron chi connectivity index (χ0n) is 9.86. The zero-order valence-corrected chi connectivity index (χ0v) is 9.86. The summed E-state index contributed by atoms with van der Waals surface area (Å²) in [7, 11) is 0. The van der Waals surface area contributed by atoms with Gasteiger partial charge in [-0.25, -0.2) is 4.98 Å². The van der Waals surface area contributed by atoms with E-state index in [0.717, 1.165) is 25.5 Å². The molecule has 0 aliphatic heterocycles. The van der Waals surface area contributed by atoms with Gasteiger partial charge in [0.2, 0.25) is 0 Å². The van der Waals surface area contributed by atoms with Crippen LogP contribution in [0.15, 0.2) is 12.4 Å². The van der Waals surface area contributed by atoms with Crippen LogP contribution in [0.1, 0.15) is 26.6 Å². The van der Waals surface area contributed by atoms with Crippen molar-refractivity contribution in [3.8, 4) is 0 Å². The van der Waals surface area contributed by atoms with Crippen LogP contribution in [0.4, 0.5) is 0 Å². The average molecular weight is 211 g/mol. The molecule has 0 radical (unpaired) electrons. The maximum atomic E-state index is 5.34. The van der Waals surface area contributed by atoms with E-state index in [1.807, 2.05) is 23.9 Å². The molecule has 0 unspecified atom stereocenters. The summed E-state index contributed by atoms with van der Waals surface area (Å²) >= 11 is 0. The Morgan fingerprint density at radius 2 is 2.33 bits per heavy atom. The molecule has 4 heteroatoms. The van der Waals surface area contributed by atoms with Crippen molar-refractivity contribution in [1.82, 2.24) is 14.9 Å². The lowest BCUT2D eigenvalue weighted by molar-refractivity contribution is 0.0855. The summed E-state index contributed by atoms with van der Waals surface area (Å²) in [6, 6.07) is 0. The highest BCUT2D eigenvalue weighted by Crippen LogP contribution is 1.98. The first kappa shape index (κ1) is 12.2. The summed E-state index contributed by atoms with van der Waals surface area (Å²) in [6.07, 6.45) is 3.76. The van der Waals surface area contributed by atoms with Crippen LogP contribution < -0.4 is 5.32 Å². The lowest BCUT2D eigenvalue weighted by atomic mass is 10.2. The Hall–Kier alpha value is -0.870. The quantitative estimate of drug-likeness (QED) is 0.745. The third kappa shape index (κ3) is 4.44. The number of nitrogens with one attached hydrogen (secondary N) is 1. The fourth-order valence-electron chi connectivity index (χ4n) is 1.29. The summed E-state index contributed by atoms with van der Waals surface area (Å²) < 4.78 is 7.37. The Bertz CT molecular complexity index is 271. The number of rotatable bonds is 7. The minimum Gasteiger partial charge on any atom is -0.361 e. The SMILES string of the molecule is CCOCn1ccnc1CNCC(C)C. The summed E-state index contributed by atoms with van der Waals surface area (Å²) in [6.45, 7) is 9.53. The van der Waals surface area contributed by atoms with E-state index in [2.05, 4.69) is 24.1 Å². The minimum atomic E-state index is 0.592. The summed E-state index contributed by atoms with van der Waals surface area (Å²) in [4.78, 5) is 4.29. The second-order valence-corrected chi connectivity index (χ2v) is 3.96. The molecule has 0 amide bonds. The molecule has 1 N–H and O–H groups in total. The van der Waals surface area contributed by atoms with Crippen molar-refractivity contribution in [3.63, 3.8) is 0 Å². The lowest BCUT2D eigenvalue weighted by Crippen LogP contribution is -2.21. The Balaban J connectivity index is 2.35. The number of aromatic nitrogens is 2. The van der Waals surface area contributed by atoms with Gasteiger partial charge in [0, 0.05) is 19.0 Å². The summed E-state index contributed by atoms with van der Waals surface area (Å²) in [5.74, 6) is 1.70. The molecule has 0 fully saturated rings. The highest BCUT2D eigenvalue weighted by Gasteiger charge is 2.02. The fraction of sp³-hybridized carbons (Fsp3) is 0.727. The maximum Gasteiger partial charge on any atom is 0.124 e. The molecule has 0 aromatic carbocycles. The molecule has 86 valence electrons. The number of hydrogen-bond acceptors (Lipinski definition) is 3. The summed E-state index contributed by atoms with van der Waals surface area (Å²) in [5, 5.41) is 3.37. The number of nitrogens with zero attached hydrogens (tertiary/aromatic N) is 2. The second-order valence-electron chi connectivity index (χ2n) is 3.96. The van der Waals surface area contributed by atoms with Crippen molar-refractivity contribution in [3.05, 3.63) is 18.2 Å². The van der Waals surface area contributed by atoms with Crippen LogP contribution in [0, 0.1) is 5.92 Å². The van der Waals surface area contributed by atoms with Crippen molar-refractivity contribution >= 4 is 0 Å². The van der Waals surface area contributed by atoms with Crippen LogP contribution in [0.3, 0.4) is 0 Å². The Kier molecular flexibility index (Phi) is 5.36. The van der Waals surface area contributed by atoms with Crippen LogP contribution >= 0.6 is 0 Å². The molecule has 15 heavy (non-hydrogen) atoms. The average Bonchev–Trinajstić information content (AvgIpc) is 2.62. The van der Waals surface area contributed by atoms with Crippen molar-refractivity contribution in [2.75, 3.05) is 13.2 Å². The fourth-order valence-corrected chi connectivity index (χ4v) is 1.29.